The number of nitrogens with zero attached hydrogens (tertiary/aromatic N) is 3. The van der Waals surface area contributed by atoms with E-state index in [0.717, 1.165) is 10.9 Å². The van der Waals surface area contributed by atoms with Crippen LogP contribution in [0.4, 0.5) is 0 Å². The van der Waals surface area contributed by atoms with E-state index in [1.54, 1.807) is 12.4 Å². The maximum Gasteiger partial charge on any atom is 0.350 e. The molecular weight excluding hydrogens is 274 g/mol. The molecule has 3 aromatic rings. The number of hydrogen-bond acceptors (Lipinski definition) is 5. The van der Waals surface area contributed by atoms with Gasteiger partial charge in [-0.1, -0.05) is 18.2 Å². The number of aromatic nitrogens is 3. The molecule has 0 spiro atoms. The number of rotatable bonds is 4. The van der Waals surface area contributed by atoms with Crippen molar-refractivity contribution in [3.8, 4) is 0 Å². The van der Waals surface area contributed by atoms with Crippen LogP contribution in [-0.2, 0) is 11.3 Å². The van der Waals surface area contributed by atoms with Crippen LogP contribution in [0.3, 0.4) is 0 Å². The number of benzene rings is 1. The first-order valence-corrected chi connectivity index (χ1v) is 7.11. The number of hydrogen-bond donors (Lipinski definition) is 0. The number of ether oxygens (including phenoxy) is 1. The predicted octanol–water partition coefficient (Wildman–Crippen LogP) is 2.66. The Morgan fingerprint density at radius 2 is 2.25 bits per heavy atom. The van der Waals surface area contributed by atoms with E-state index in [9.17, 15) is 4.79 Å². The summed E-state index contributed by atoms with van der Waals surface area (Å²) in [6.45, 7) is 2.63. The van der Waals surface area contributed by atoms with Crippen LogP contribution in [-0.4, -0.2) is 27.3 Å². The van der Waals surface area contributed by atoms with Gasteiger partial charge in [0, 0.05) is 5.39 Å². The van der Waals surface area contributed by atoms with Crippen LogP contribution in [0.15, 0.2) is 36.0 Å². The molecule has 2 aromatic heterocycles. The Kier molecular flexibility index (Phi) is 3.47. The van der Waals surface area contributed by atoms with Gasteiger partial charge in [-0.25, -0.2) is 9.78 Å². The van der Waals surface area contributed by atoms with E-state index in [4.69, 9.17) is 4.74 Å². The fraction of sp³-hybridized carbons (Fsp3) is 0.214. The van der Waals surface area contributed by atoms with Gasteiger partial charge < -0.3 is 4.74 Å². The van der Waals surface area contributed by atoms with Crippen LogP contribution in [0.25, 0.3) is 10.9 Å². The smallest absolute Gasteiger partial charge is 0.350 e. The Morgan fingerprint density at radius 1 is 1.40 bits per heavy atom. The van der Waals surface area contributed by atoms with Crippen molar-refractivity contribution in [3.05, 3.63) is 46.5 Å². The first-order valence-electron chi connectivity index (χ1n) is 6.23. The Balaban J connectivity index is 1.63. The molecule has 0 unspecified atom stereocenters. The SMILES string of the molecule is Cc1ncsc1C(=O)OCCn1ncc2ccccc21. The van der Waals surface area contributed by atoms with Crippen molar-refractivity contribution in [2.45, 2.75) is 13.5 Å². The van der Waals surface area contributed by atoms with Crippen LogP contribution >= 0.6 is 11.3 Å². The second kappa shape index (κ2) is 5.42. The fourth-order valence-corrected chi connectivity index (χ4v) is 2.69. The molecule has 0 radical (unpaired) electrons. The summed E-state index contributed by atoms with van der Waals surface area (Å²) in [7, 11) is 0. The molecule has 0 saturated carbocycles. The average molecular weight is 287 g/mol. The Labute approximate surface area is 119 Å². The van der Waals surface area contributed by atoms with Gasteiger partial charge in [0.2, 0.25) is 0 Å². The second-order valence-electron chi connectivity index (χ2n) is 4.33. The highest BCUT2D eigenvalue weighted by Gasteiger charge is 2.13. The minimum atomic E-state index is -0.318. The molecule has 0 bridgehead atoms. The van der Waals surface area contributed by atoms with E-state index >= 15 is 0 Å². The number of carbonyl (C=O) groups excluding carboxylic acids is 1. The summed E-state index contributed by atoms with van der Waals surface area (Å²) in [6.07, 6.45) is 1.81. The molecule has 2 heterocycles. The second-order valence-corrected chi connectivity index (χ2v) is 5.18. The summed E-state index contributed by atoms with van der Waals surface area (Å²) >= 11 is 1.30. The monoisotopic (exact) mass is 287 g/mol. The minimum Gasteiger partial charge on any atom is -0.459 e. The van der Waals surface area contributed by atoms with Gasteiger partial charge in [0.05, 0.1) is 29.5 Å². The van der Waals surface area contributed by atoms with Crippen LogP contribution in [0.1, 0.15) is 15.4 Å². The van der Waals surface area contributed by atoms with Crippen molar-refractivity contribution < 1.29 is 9.53 Å². The maximum atomic E-state index is 11.8. The topological polar surface area (TPSA) is 57.0 Å². The summed E-state index contributed by atoms with van der Waals surface area (Å²) < 4.78 is 7.10. The van der Waals surface area contributed by atoms with E-state index in [2.05, 4.69) is 10.1 Å². The van der Waals surface area contributed by atoms with Crippen molar-refractivity contribution in [2.24, 2.45) is 0 Å². The zero-order valence-corrected chi connectivity index (χ0v) is 11.8. The third-order valence-electron chi connectivity index (χ3n) is 3.02. The highest BCUT2D eigenvalue weighted by molar-refractivity contribution is 7.11. The Hall–Kier alpha value is -2.21. The van der Waals surface area contributed by atoms with Crippen LogP contribution < -0.4 is 0 Å². The lowest BCUT2D eigenvalue weighted by atomic mass is 10.3. The van der Waals surface area contributed by atoms with Gasteiger partial charge in [0.1, 0.15) is 11.5 Å². The maximum absolute atomic E-state index is 11.8. The number of thiazole rings is 1. The molecule has 0 aliphatic carbocycles. The Morgan fingerprint density at radius 3 is 3.05 bits per heavy atom. The lowest BCUT2D eigenvalue weighted by Gasteiger charge is -2.05. The zero-order chi connectivity index (χ0) is 13.9. The predicted molar refractivity (Wildman–Crippen MR) is 76.9 cm³/mol. The molecule has 0 fully saturated rings. The molecule has 0 aliphatic heterocycles. The molecule has 1 aromatic carbocycles. The number of carbonyl (C=O) groups is 1. The zero-order valence-electron chi connectivity index (χ0n) is 10.9. The number of fused-ring (bicyclic) bond motifs is 1. The van der Waals surface area contributed by atoms with E-state index in [1.807, 2.05) is 35.1 Å². The Bertz CT molecular complexity index is 748. The van der Waals surface area contributed by atoms with Crippen molar-refractivity contribution >= 4 is 28.2 Å². The normalized spacial score (nSPS) is 10.8. The molecule has 0 saturated heterocycles. The van der Waals surface area contributed by atoms with E-state index in [1.165, 1.54) is 11.3 Å². The van der Waals surface area contributed by atoms with Gasteiger partial charge in [-0.3, -0.25) is 4.68 Å². The van der Waals surface area contributed by atoms with Gasteiger partial charge in [-0.05, 0) is 13.0 Å². The summed E-state index contributed by atoms with van der Waals surface area (Å²) in [5, 5.41) is 5.37. The summed E-state index contributed by atoms with van der Waals surface area (Å²) in [5.41, 5.74) is 3.40. The van der Waals surface area contributed by atoms with Gasteiger partial charge in [0.15, 0.2) is 0 Å². The third-order valence-corrected chi connectivity index (χ3v) is 3.93. The van der Waals surface area contributed by atoms with Gasteiger partial charge in [0.25, 0.3) is 0 Å². The standard InChI is InChI=1S/C14H13N3O2S/c1-10-13(20-9-15-10)14(18)19-7-6-17-12-5-3-2-4-11(12)8-16-17/h2-5,8-9H,6-7H2,1H3. The molecule has 6 heteroatoms. The van der Waals surface area contributed by atoms with Gasteiger partial charge >= 0.3 is 5.97 Å². The van der Waals surface area contributed by atoms with Crippen molar-refractivity contribution in [3.63, 3.8) is 0 Å². The van der Waals surface area contributed by atoms with Gasteiger partial charge in [-0.2, -0.15) is 5.10 Å². The number of aryl methyl sites for hydroxylation is 1. The first-order chi connectivity index (χ1) is 9.75. The number of esters is 1. The highest BCUT2D eigenvalue weighted by Crippen LogP contribution is 2.14. The van der Waals surface area contributed by atoms with E-state index in [0.29, 0.717) is 23.7 Å². The molecule has 0 amide bonds. The summed E-state index contributed by atoms with van der Waals surface area (Å²) in [6, 6.07) is 7.94. The quantitative estimate of drug-likeness (QED) is 0.692. The average Bonchev–Trinajstić information content (AvgIpc) is 3.05. The van der Waals surface area contributed by atoms with E-state index < -0.39 is 0 Å². The first kappa shape index (κ1) is 12.8. The lowest BCUT2D eigenvalue weighted by Crippen LogP contribution is -2.12. The molecule has 0 aliphatic rings. The summed E-state index contributed by atoms with van der Waals surface area (Å²) in [4.78, 5) is 16.4. The highest BCUT2D eigenvalue weighted by atomic mass is 32.1. The fourth-order valence-electron chi connectivity index (χ4n) is 1.99. The largest absolute Gasteiger partial charge is 0.459 e. The molecular formula is C14H13N3O2S. The number of para-hydroxylation sites is 1. The molecule has 20 heavy (non-hydrogen) atoms. The van der Waals surface area contributed by atoms with Crippen molar-refractivity contribution in [1.82, 2.24) is 14.8 Å². The van der Waals surface area contributed by atoms with Crippen LogP contribution in [0, 0.1) is 6.92 Å². The molecule has 3 rings (SSSR count). The van der Waals surface area contributed by atoms with Gasteiger partial charge in [-0.15, -0.1) is 11.3 Å². The van der Waals surface area contributed by atoms with Crippen LogP contribution in [0.5, 0.6) is 0 Å². The van der Waals surface area contributed by atoms with Crippen molar-refractivity contribution in [1.29, 1.82) is 0 Å². The third kappa shape index (κ3) is 2.42. The molecule has 102 valence electrons. The van der Waals surface area contributed by atoms with Crippen molar-refractivity contribution in [2.75, 3.05) is 6.61 Å². The summed E-state index contributed by atoms with van der Waals surface area (Å²) in [5.74, 6) is -0.318. The molecule has 0 N–H and O–H groups in total. The van der Waals surface area contributed by atoms with E-state index in [-0.39, 0.29) is 5.97 Å². The van der Waals surface area contributed by atoms with Crippen LogP contribution in [0.2, 0.25) is 0 Å². The lowest BCUT2D eigenvalue weighted by molar-refractivity contribution is 0.0493. The molecule has 0 atom stereocenters. The minimum absolute atomic E-state index is 0.293. The molecule has 5 nitrogen and oxygen atoms in total.